The van der Waals surface area contributed by atoms with Crippen molar-refractivity contribution in [1.82, 2.24) is 9.97 Å². The van der Waals surface area contributed by atoms with Crippen molar-refractivity contribution in [2.75, 3.05) is 0 Å². The highest BCUT2D eigenvalue weighted by atomic mass is 33.1. The second-order valence-electron chi connectivity index (χ2n) is 2.84. The summed E-state index contributed by atoms with van der Waals surface area (Å²) < 4.78 is 1.07. The van der Waals surface area contributed by atoms with Gasteiger partial charge in [-0.1, -0.05) is 29.9 Å². The molecule has 0 amide bonds. The predicted molar refractivity (Wildman–Crippen MR) is 61.7 cm³/mol. The molecule has 1 aliphatic rings. The quantitative estimate of drug-likeness (QED) is 0.544. The van der Waals surface area contributed by atoms with Gasteiger partial charge in [0.05, 0.1) is 15.1 Å². The molecule has 0 bridgehead atoms. The topological polar surface area (TPSA) is 25.8 Å². The highest BCUT2D eigenvalue weighted by Gasteiger charge is 2.32. The van der Waals surface area contributed by atoms with Crippen molar-refractivity contribution < 1.29 is 0 Å². The maximum absolute atomic E-state index is 5.21. The molecule has 68 valence electrons. The number of hydrogen-bond acceptors (Lipinski definition) is 5. The van der Waals surface area contributed by atoms with Crippen LogP contribution in [0.1, 0.15) is 17.9 Å². The van der Waals surface area contributed by atoms with Gasteiger partial charge in [0.1, 0.15) is 0 Å². The van der Waals surface area contributed by atoms with Gasteiger partial charge in [0.15, 0.2) is 0 Å². The van der Waals surface area contributed by atoms with Crippen molar-refractivity contribution >= 4 is 38.0 Å². The predicted octanol–water partition coefficient (Wildman–Crippen LogP) is 2.88. The minimum absolute atomic E-state index is 0.381. The van der Waals surface area contributed by atoms with Crippen molar-refractivity contribution in [2.24, 2.45) is 5.92 Å². The average Bonchev–Trinajstić information content (AvgIpc) is 2.49. The monoisotopic (exact) mass is 228 g/mol. The van der Waals surface area contributed by atoms with Gasteiger partial charge in [-0.05, 0) is 10.8 Å². The van der Waals surface area contributed by atoms with Crippen LogP contribution >= 0.6 is 33.8 Å². The van der Waals surface area contributed by atoms with Crippen molar-refractivity contribution in [3.05, 3.63) is 24.3 Å². The Kier molecular flexibility index (Phi) is 2.86. The lowest BCUT2D eigenvalue weighted by Gasteiger charge is -2.10. The second-order valence-corrected chi connectivity index (χ2v) is 5.92. The third-order valence-electron chi connectivity index (χ3n) is 1.93. The van der Waals surface area contributed by atoms with E-state index in [4.69, 9.17) is 12.2 Å². The van der Waals surface area contributed by atoms with Crippen molar-refractivity contribution in [2.45, 2.75) is 12.2 Å². The largest absolute Gasteiger partial charge is 0.261 e. The molecule has 2 heterocycles. The molecule has 5 heteroatoms. The van der Waals surface area contributed by atoms with E-state index in [1.54, 1.807) is 34.0 Å². The minimum Gasteiger partial charge on any atom is -0.261 e. The zero-order valence-electron chi connectivity index (χ0n) is 7.01. The number of thiocarbonyl (C=S) groups is 1. The molecule has 0 aliphatic carbocycles. The van der Waals surface area contributed by atoms with Crippen molar-refractivity contribution in [3.63, 3.8) is 0 Å². The molecule has 2 unspecified atom stereocenters. The van der Waals surface area contributed by atoms with E-state index in [2.05, 4.69) is 16.9 Å². The van der Waals surface area contributed by atoms with E-state index in [1.165, 1.54) is 0 Å². The number of aromatic nitrogens is 2. The smallest absolute Gasteiger partial charge is 0.0732 e. The van der Waals surface area contributed by atoms with Gasteiger partial charge in [-0.15, -0.1) is 0 Å². The minimum atomic E-state index is 0.381. The highest BCUT2D eigenvalue weighted by Crippen LogP contribution is 2.52. The lowest BCUT2D eigenvalue weighted by molar-refractivity contribution is 0.748. The summed E-state index contributed by atoms with van der Waals surface area (Å²) in [7, 11) is 3.47. The van der Waals surface area contributed by atoms with E-state index in [0.717, 1.165) is 9.89 Å². The molecular weight excluding hydrogens is 220 g/mol. The van der Waals surface area contributed by atoms with Gasteiger partial charge in [0.25, 0.3) is 0 Å². The number of rotatable bonds is 1. The summed E-state index contributed by atoms with van der Waals surface area (Å²) in [6, 6.07) is 0. The van der Waals surface area contributed by atoms with Crippen LogP contribution in [-0.2, 0) is 0 Å². The van der Waals surface area contributed by atoms with Crippen molar-refractivity contribution in [1.29, 1.82) is 0 Å². The maximum Gasteiger partial charge on any atom is 0.0732 e. The Bertz CT molecular complexity index is 314. The summed E-state index contributed by atoms with van der Waals surface area (Å²) in [6.07, 6.45) is 5.25. The normalized spacial score (nSPS) is 27.9. The summed E-state index contributed by atoms with van der Waals surface area (Å²) in [5.41, 5.74) is 1.03. The Morgan fingerprint density at radius 2 is 2.31 bits per heavy atom. The van der Waals surface area contributed by atoms with Crippen LogP contribution in [0.5, 0.6) is 0 Å². The zero-order chi connectivity index (χ0) is 9.26. The first-order chi connectivity index (χ1) is 6.29. The highest BCUT2D eigenvalue weighted by molar-refractivity contribution is 8.84. The molecule has 1 saturated heterocycles. The summed E-state index contributed by atoms with van der Waals surface area (Å²) in [4.78, 5) is 8.35. The second kappa shape index (κ2) is 3.94. The molecule has 13 heavy (non-hydrogen) atoms. The number of nitrogens with zero attached hydrogens (tertiary/aromatic N) is 2. The van der Waals surface area contributed by atoms with Gasteiger partial charge in [-0.2, -0.15) is 0 Å². The Balaban J connectivity index is 2.24. The Hall–Kier alpha value is -0.130. The van der Waals surface area contributed by atoms with Crippen LogP contribution in [0.25, 0.3) is 0 Å². The summed E-state index contributed by atoms with van der Waals surface area (Å²) >= 11 is 5.21. The fraction of sp³-hybridized carbons (Fsp3) is 0.375. The van der Waals surface area contributed by atoms with Crippen LogP contribution < -0.4 is 0 Å². The van der Waals surface area contributed by atoms with Gasteiger partial charge in [-0.3, -0.25) is 9.97 Å². The summed E-state index contributed by atoms with van der Waals surface area (Å²) in [5.74, 6) is 0.418. The van der Waals surface area contributed by atoms with Gasteiger partial charge in [0.2, 0.25) is 0 Å². The van der Waals surface area contributed by atoms with Crippen LogP contribution in [0.4, 0.5) is 0 Å². The lowest BCUT2D eigenvalue weighted by atomic mass is 10.1. The molecule has 0 N–H and O–H groups in total. The molecular formula is C8H8N2S3. The average molecular weight is 228 g/mol. The van der Waals surface area contributed by atoms with Crippen LogP contribution in [0.2, 0.25) is 0 Å². The fourth-order valence-electron chi connectivity index (χ4n) is 1.15. The summed E-state index contributed by atoms with van der Waals surface area (Å²) in [6.45, 7) is 2.15. The standard InChI is InChI=1S/C8H8N2S3/c1-5-7(12-13-8(5)11)6-4-9-2-3-10-6/h2-5,7H,1H3. The van der Waals surface area contributed by atoms with E-state index in [1.807, 2.05) is 6.20 Å². The first-order valence-corrected chi connectivity index (χ1v) is 6.54. The molecule has 1 fully saturated rings. The Morgan fingerprint density at radius 1 is 1.46 bits per heavy atom. The first kappa shape index (κ1) is 9.43. The molecule has 1 aromatic heterocycles. The van der Waals surface area contributed by atoms with Gasteiger partial charge < -0.3 is 0 Å². The van der Waals surface area contributed by atoms with E-state index < -0.39 is 0 Å². The van der Waals surface area contributed by atoms with Crippen molar-refractivity contribution in [3.8, 4) is 0 Å². The number of hydrogen-bond donors (Lipinski definition) is 0. The van der Waals surface area contributed by atoms with Crippen LogP contribution in [0.15, 0.2) is 18.6 Å². The Labute approximate surface area is 90.3 Å². The van der Waals surface area contributed by atoms with Crippen LogP contribution in [0, 0.1) is 5.92 Å². The van der Waals surface area contributed by atoms with E-state index in [9.17, 15) is 0 Å². The lowest BCUT2D eigenvalue weighted by Crippen LogP contribution is -2.07. The third-order valence-corrected chi connectivity index (χ3v) is 5.81. The molecule has 2 nitrogen and oxygen atoms in total. The van der Waals surface area contributed by atoms with E-state index >= 15 is 0 Å². The molecule has 2 rings (SSSR count). The SMILES string of the molecule is CC1C(=S)SSC1c1cnccn1. The zero-order valence-corrected chi connectivity index (χ0v) is 9.46. The molecule has 0 saturated carbocycles. The van der Waals surface area contributed by atoms with Crippen LogP contribution in [0.3, 0.4) is 0 Å². The van der Waals surface area contributed by atoms with Gasteiger partial charge in [-0.25, -0.2) is 0 Å². The van der Waals surface area contributed by atoms with Gasteiger partial charge in [0, 0.05) is 24.5 Å². The van der Waals surface area contributed by atoms with E-state index in [-0.39, 0.29) is 0 Å². The first-order valence-electron chi connectivity index (χ1n) is 3.92. The molecule has 0 radical (unpaired) electrons. The third kappa shape index (κ3) is 1.87. The maximum atomic E-state index is 5.21. The Morgan fingerprint density at radius 3 is 2.85 bits per heavy atom. The molecule has 1 aromatic rings. The molecule has 0 spiro atoms. The van der Waals surface area contributed by atoms with Gasteiger partial charge >= 0.3 is 0 Å². The fourth-order valence-corrected chi connectivity index (χ4v) is 4.66. The molecule has 2 atom stereocenters. The molecule has 0 aromatic carbocycles. The van der Waals surface area contributed by atoms with Crippen LogP contribution in [-0.4, -0.2) is 14.2 Å². The van der Waals surface area contributed by atoms with E-state index in [0.29, 0.717) is 11.2 Å². The summed E-state index contributed by atoms with van der Waals surface area (Å²) in [5, 5.41) is 0.381. The molecule has 1 aliphatic heterocycles.